The first-order valence-electron chi connectivity index (χ1n) is 7.79. The molecule has 2 aliphatic rings. The summed E-state index contributed by atoms with van der Waals surface area (Å²) in [5.74, 6) is 0.855. The highest BCUT2D eigenvalue weighted by Crippen LogP contribution is 2.46. The van der Waals surface area contributed by atoms with Crippen LogP contribution in [0.4, 0.5) is 0 Å². The molecule has 0 aromatic carbocycles. The molecule has 0 heteroatoms. The van der Waals surface area contributed by atoms with Crippen LogP contribution in [-0.2, 0) is 0 Å². The Morgan fingerprint density at radius 1 is 1.32 bits per heavy atom. The van der Waals surface area contributed by atoms with E-state index in [2.05, 4.69) is 50.8 Å². The Balaban J connectivity index is 1.71. The first-order chi connectivity index (χ1) is 9.13. The molecule has 0 amide bonds. The van der Waals surface area contributed by atoms with Gasteiger partial charge in [0, 0.05) is 0 Å². The van der Waals surface area contributed by atoms with Crippen molar-refractivity contribution in [3.05, 3.63) is 48.1 Å². The van der Waals surface area contributed by atoms with E-state index in [1.807, 2.05) is 0 Å². The lowest BCUT2D eigenvalue weighted by Gasteiger charge is -2.08. The zero-order valence-corrected chi connectivity index (χ0v) is 12.6. The molecule has 0 saturated heterocycles. The molecule has 0 N–H and O–H groups in total. The van der Waals surface area contributed by atoms with Crippen LogP contribution in [0.3, 0.4) is 0 Å². The third-order valence-corrected chi connectivity index (χ3v) is 4.28. The van der Waals surface area contributed by atoms with Gasteiger partial charge in [-0.2, -0.15) is 0 Å². The van der Waals surface area contributed by atoms with Crippen LogP contribution in [-0.4, -0.2) is 0 Å². The van der Waals surface area contributed by atoms with E-state index in [4.69, 9.17) is 0 Å². The standard InChI is InChI=1S/C19H28/c1-4-5-9-18(17-10-11-17)15-16(2)8-6-7-12-19(3)13-14-19/h4-5,7,9,12,17H,2,6,8,10-11,13-15H2,1,3H3. The van der Waals surface area contributed by atoms with Crippen molar-refractivity contribution in [3.63, 3.8) is 0 Å². The van der Waals surface area contributed by atoms with Gasteiger partial charge in [-0.3, -0.25) is 0 Å². The van der Waals surface area contributed by atoms with Crippen molar-refractivity contribution in [1.82, 2.24) is 0 Å². The van der Waals surface area contributed by atoms with Gasteiger partial charge in [0.05, 0.1) is 0 Å². The van der Waals surface area contributed by atoms with Crippen molar-refractivity contribution < 1.29 is 0 Å². The van der Waals surface area contributed by atoms with Crippen LogP contribution in [0.2, 0.25) is 0 Å². The molecule has 0 heterocycles. The predicted octanol–water partition coefficient (Wildman–Crippen LogP) is 5.98. The highest BCUT2D eigenvalue weighted by Gasteiger charge is 2.33. The van der Waals surface area contributed by atoms with Crippen molar-refractivity contribution in [2.45, 2.75) is 58.8 Å². The largest absolute Gasteiger partial charge is 0.0995 e. The molecule has 0 radical (unpaired) electrons. The van der Waals surface area contributed by atoms with Crippen LogP contribution in [0.1, 0.15) is 58.8 Å². The van der Waals surface area contributed by atoms with Crippen molar-refractivity contribution >= 4 is 0 Å². The van der Waals surface area contributed by atoms with E-state index in [1.165, 1.54) is 31.3 Å². The van der Waals surface area contributed by atoms with E-state index >= 15 is 0 Å². The molecule has 0 aliphatic heterocycles. The van der Waals surface area contributed by atoms with Crippen LogP contribution in [0.5, 0.6) is 0 Å². The lowest BCUT2D eigenvalue weighted by atomic mass is 9.98. The molecule has 0 spiro atoms. The molecular formula is C19H28. The summed E-state index contributed by atoms with van der Waals surface area (Å²) >= 11 is 0. The molecule has 104 valence electrons. The molecule has 0 aromatic rings. The van der Waals surface area contributed by atoms with Gasteiger partial charge in [0.15, 0.2) is 0 Å². The summed E-state index contributed by atoms with van der Waals surface area (Å²) in [6.45, 7) is 8.70. The minimum Gasteiger partial charge on any atom is -0.0995 e. The third-order valence-electron chi connectivity index (χ3n) is 4.28. The Labute approximate surface area is 119 Å². The van der Waals surface area contributed by atoms with Crippen molar-refractivity contribution in [3.8, 4) is 0 Å². The Morgan fingerprint density at radius 2 is 2.05 bits per heavy atom. The topological polar surface area (TPSA) is 0 Å². The summed E-state index contributed by atoms with van der Waals surface area (Å²) < 4.78 is 0. The van der Waals surface area contributed by atoms with Crippen LogP contribution in [0, 0.1) is 11.3 Å². The number of allylic oxidation sites excluding steroid dienone is 7. The fourth-order valence-corrected chi connectivity index (χ4v) is 2.41. The van der Waals surface area contributed by atoms with Crippen LogP contribution < -0.4 is 0 Å². The number of rotatable bonds is 8. The van der Waals surface area contributed by atoms with E-state index in [1.54, 1.807) is 5.57 Å². The van der Waals surface area contributed by atoms with E-state index in [0.717, 1.165) is 25.2 Å². The number of hydrogen-bond donors (Lipinski definition) is 0. The Morgan fingerprint density at radius 3 is 2.63 bits per heavy atom. The van der Waals surface area contributed by atoms with E-state index in [0.29, 0.717) is 5.41 Å². The van der Waals surface area contributed by atoms with Gasteiger partial charge >= 0.3 is 0 Å². The maximum atomic E-state index is 4.26. The van der Waals surface area contributed by atoms with Gasteiger partial charge < -0.3 is 0 Å². The SMILES string of the molecule is C=C(CCC=CC1(C)CC1)CC(=CC=CC)C1CC1. The molecule has 2 fully saturated rings. The first kappa shape index (κ1) is 14.4. The summed E-state index contributed by atoms with van der Waals surface area (Å²) in [4.78, 5) is 0. The zero-order chi connectivity index (χ0) is 13.7. The fraction of sp³-hybridized carbons (Fsp3) is 0.579. The average Bonchev–Trinajstić information content (AvgIpc) is 3.27. The monoisotopic (exact) mass is 256 g/mol. The van der Waals surface area contributed by atoms with Gasteiger partial charge in [0.1, 0.15) is 0 Å². The second kappa shape index (κ2) is 6.41. The van der Waals surface area contributed by atoms with Crippen LogP contribution in [0.25, 0.3) is 0 Å². The zero-order valence-electron chi connectivity index (χ0n) is 12.6. The lowest BCUT2D eigenvalue weighted by molar-refractivity contribution is 0.740. The first-order valence-corrected chi connectivity index (χ1v) is 7.79. The molecule has 0 unspecified atom stereocenters. The molecule has 19 heavy (non-hydrogen) atoms. The maximum absolute atomic E-state index is 4.26. The Bertz CT molecular complexity index is 398. The van der Waals surface area contributed by atoms with Crippen LogP contribution >= 0.6 is 0 Å². The minimum absolute atomic E-state index is 0.548. The van der Waals surface area contributed by atoms with Gasteiger partial charge in [-0.1, -0.05) is 55.0 Å². The van der Waals surface area contributed by atoms with Gasteiger partial charge in [-0.05, 0) is 63.2 Å². The molecule has 0 nitrogen and oxygen atoms in total. The molecule has 2 aliphatic carbocycles. The quantitative estimate of drug-likeness (QED) is 0.370. The second-order valence-electron chi connectivity index (χ2n) is 6.56. The predicted molar refractivity (Wildman–Crippen MR) is 85.1 cm³/mol. The van der Waals surface area contributed by atoms with Crippen molar-refractivity contribution in [1.29, 1.82) is 0 Å². The fourth-order valence-electron chi connectivity index (χ4n) is 2.41. The average molecular weight is 256 g/mol. The molecule has 0 aromatic heterocycles. The summed E-state index contributed by atoms with van der Waals surface area (Å²) in [6.07, 6.45) is 20.3. The van der Waals surface area contributed by atoms with Gasteiger partial charge in [-0.25, -0.2) is 0 Å². The minimum atomic E-state index is 0.548. The molecule has 2 saturated carbocycles. The summed E-state index contributed by atoms with van der Waals surface area (Å²) in [5, 5.41) is 0. The van der Waals surface area contributed by atoms with E-state index in [9.17, 15) is 0 Å². The van der Waals surface area contributed by atoms with Gasteiger partial charge in [0.2, 0.25) is 0 Å². The normalized spacial score (nSPS) is 22.3. The Kier molecular flexibility index (Phi) is 4.85. The van der Waals surface area contributed by atoms with E-state index in [-0.39, 0.29) is 0 Å². The molecule has 0 atom stereocenters. The number of hydrogen-bond acceptors (Lipinski definition) is 0. The van der Waals surface area contributed by atoms with Gasteiger partial charge in [0.25, 0.3) is 0 Å². The molecule has 0 bridgehead atoms. The second-order valence-corrected chi connectivity index (χ2v) is 6.56. The summed E-state index contributed by atoms with van der Waals surface area (Å²) in [5.41, 5.74) is 3.54. The highest BCUT2D eigenvalue weighted by molar-refractivity contribution is 5.24. The smallest absolute Gasteiger partial charge is 0.0105 e. The summed E-state index contributed by atoms with van der Waals surface area (Å²) in [6, 6.07) is 0. The van der Waals surface area contributed by atoms with Crippen molar-refractivity contribution in [2.75, 3.05) is 0 Å². The van der Waals surface area contributed by atoms with E-state index < -0.39 is 0 Å². The highest BCUT2D eigenvalue weighted by atomic mass is 14.4. The molecular weight excluding hydrogens is 228 g/mol. The maximum Gasteiger partial charge on any atom is -0.0105 e. The van der Waals surface area contributed by atoms with Crippen LogP contribution in [0.15, 0.2) is 48.1 Å². The van der Waals surface area contributed by atoms with Gasteiger partial charge in [-0.15, -0.1) is 0 Å². The third kappa shape index (κ3) is 5.22. The summed E-state index contributed by atoms with van der Waals surface area (Å²) in [7, 11) is 0. The lowest BCUT2D eigenvalue weighted by Crippen LogP contribution is -1.90. The van der Waals surface area contributed by atoms with Crippen molar-refractivity contribution in [2.24, 2.45) is 11.3 Å². The molecule has 2 rings (SSSR count). The Hall–Kier alpha value is -1.04.